The van der Waals surface area contributed by atoms with Crippen molar-refractivity contribution in [3.63, 3.8) is 0 Å². The minimum atomic E-state index is -0.254. The highest BCUT2D eigenvalue weighted by Gasteiger charge is 2.17. The van der Waals surface area contributed by atoms with Crippen LogP contribution in [0.25, 0.3) is 0 Å². The molecule has 1 unspecified atom stereocenters. The van der Waals surface area contributed by atoms with Crippen molar-refractivity contribution in [1.82, 2.24) is 9.78 Å². The van der Waals surface area contributed by atoms with Gasteiger partial charge in [-0.05, 0) is 53.6 Å². The van der Waals surface area contributed by atoms with E-state index < -0.39 is 0 Å². The predicted octanol–water partition coefficient (Wildman–Crippen LogP) is 3.37. The molecule has 1 heterocycles. The van der Waals surface area contributed by atoms with Crippen molar-refractivity contribution < 1.29 is 4.39 Å². The van der Waals surface area contributed by atoms with Gasteiger partial charge in [0.25, 0.3) is 0 Å². The van der Waals surface area contributed by atoms with E-state index in [1.165, 1.54) is 12.1 Å². The van der Waals surface area contributed by atoms with Gasteiger partial charge in [0.1, 0.15) is 11.0 Å². The van der Waals surface area contributed by atoms with Gasteiger partial charge in [-0.2, -0.15) is 5.10 Å². The molecule has 102 valence electrons. The quantitative estimate of drug-likeness (QED) is 0.813. The van der Waals surface area contributed by atoms with E-state index in [0.717, 1.165) is 20.4 Å². The van der Waals surface area contributed by atoms with E-state index in [0.29, 0.717) is 11.6 Å². The van der Waals surface area contributed by atoms with Gasteiger partial charge < -0.3 is 5.73 Å². The Balaban J connectivity index is 2.28. The summed E-state index contributed by atoms with van der Waals surface area (Å²) in [5.74, 6) is -0.254. The maximum Gasteiger partial charge on any atom is 0.130 e. The van der Waals surface area contributed by atoms with Crippen LogP contribution in [-0.4, -0.2) is 9.78 Å². The van der Waals surface area contributed by atoms with Gasteiger partial charge in [0.05, 0.1) is 5.69 Å². The molecule has 0 saturated heterocycles. The summed E-state index contributed by atoms with van der Waals surface area (Å²) in [6.07, 6.45) is 0.583. The topological polar surface area (TPSA) is 43.8 Å². The second kappa shape index (κ2) is 5.76. The zero-order chi connectivity index (χ0) is 14.2. The standard InChI is InChI=1S/C13H14ClFIN3/c1-7-10(13(14)19(2)18-7)6-12(17)9-4-3-8(15)5-11(9)16/h3-5,12H,6,17H2,1-2H3. The molecule has 0 radical (unpaired) electrons. The Bertz CT molecular complexity index is 612. The number of benzene rings is 1. The van der Waals surface area contributed by atoms with Gasteiger partial charge in [-0.25, -0.2) is 4.39 Å². The SMILES string of the molecule is Cc1nn(C)c(Cl)c1CC(N)c1ccc(F)cc1I. The molecule has 0 saturated carbocycles. The Morgan fingerprint density at radius 2 is 2.21 bits per heavy atom. The molecule has 0 aliphatic heterocycles. The van der Waals surface area contributed by atoms with Crippen molar-refractivity contribution in [3.05, 3.63) is 49.6 Å². The lowest BCUT2D eigenvalue weighted by molar-refractivity contribution is 0.622. The first kappa shape index (κ1) is 14.7. The van der Waals surface area contributed by atoms with Crippen LogP contribution in [-0.2, 0) is 13.5 Å². The highest BCUT2D eigenvalue weighted by atomic mass is 127. The first-order valence-corrected chi connectivity index (χ1v) is 7.24. The Hall–Kier alpha value is -0.660. The first-order chi connectivity index (χ1) is 8.90. The Kier molecular flexibility index (Phi) is 4.47. The van der Waals surface area contributed by atoms with E-state index in [1.807, 2.05) is 6.92 Å². The summed E-state index contributed by atoms with van der Waals surface area (Å²) >= 11 is 8.29. The number of hydrogen-bond donors (Lipinski definition) is 1. The molecule has 0 aliphatic rings. The van der Waals surface area contributed by atoms with Crippen LogP contribution in [0.5, 0.6) is 0 Å². The molecule has 2 rings (SSSR count). The van der Waals surface area contributed by atoms with Crippen LogP contribution < -0.4 is 5.73 Å². The summed E-state index contributed by atoms with van der Waals surface area (Å²) < 4.78 is 15.5. The summed E-state index contributed by atoms with van der Waals surface area (Å²) in [6.45, 7) is 1.91. The molecule has 19 heavy (non-hydrogen) atoms. The van der Waals surface area contributed by atoms with Crippen molar-refractivity contribution >= 4 is 34.2 Å². The Morgan fingerprint density at radius 1 is 1.53 bits per heavy atom. The van der Waals surface area contributed by atoms with E-state index in [4.69, 9.17) is 17.3 Å². The molecule has 1 aromatic carbocycles. The normalized spacial score (nSPS) is 12.7. The van der Waals surface area contributed by atoms with E-state index >= 15 is 0 Å². The highest BCUT2D eigenvalue weighted by Crippen LogP contribution is 2.27. The van der Waals surface area contributed by atoms with Crippen LogP contribution >= 0.6 is 34.2 Å². The average molecular weight is 394 g/mol. The third-order valence-corrected chi connectivity index (χ3v) is 4.46. The molecule has 1 atom stereocenters. The van der Waals surface area contributed by atoms with Crippen LogP contribution in [0, 0.1) is 16.3 Å². The maximum atomic E-state index is 13.1. The van der Waals surface area contributed by atoms with Crippen molar-refractivity contribution in [3.8, 4) is 0 Å². The molecule has 3 nitrogen and oxygen atoms in total. The van der Waals surface area contributed by atoms with Crippen molar-refractivity contribution in [2.75, 3.05) is 0 Å². The minimum Gasteiger partial charge on any atom is -0.324 e. The van der Waals surface area contributed by atoms with E-state index in [1.54, 1.807) is 17.8 Å². The van der Waals surface area contributed by atoms with Gasteiger partial charge in [0.2, 0.25) is 0 Å². The van der Waals surface area contributed by atoms with Gasteiger partial charge >= 0.3 is 0 Å². The Morgan fingerprint density at radius 3 is 2.74 bits per heavy atom. The molecule has 1 aromatic heterocycles. The molecule has 6 heteroatoms. The van der Waals surface area contributed by atoms with Crippen LogP contribution in [0.1, 0.15) is 22.9 Å². The number of rotatable bonds is 3. The Labute approximate surface area is 130 Å². The maximum absolute atomic E-state index is 13.1. The van der Waals surface area contributed by atoms with E-state index in [9.17, 15) is 4.39 Å². The van der Waals surface area contributed by atoms with Crippen molar-refractivity contribution in [2.45, 2.75) is 19.4 Å². The van der Waals surface area contributed by atoms with Gasteiger partial charge in [0, 0.05) is 22.2 Å². The highest BCUT2D eigenvalue weighted by molar-refractivity contribution is 14.1. The molecule has 0 bridgehead atoms. The first-order valence-electron chi connectivity index (χ1n) is 5.78. The predicted molar refractivity (Wildman–Crippen MR) is 82.7 cm³/mol. The number of halogens is 3. The number of hydrogen-bond acceptors (Lipinski definition) is 2. The smallest absolute Gasteiger partial charge is 0.130 e. The monoisotopic (exact) mass is 393 g/mol. The molecule has 0 aliphatic carbocycles. The molecule has 0 fully saturated rings. The number of aromatic nitrogens is 2. The second-order valence-electron chi connectivity index (χ2n) is 4.45. The van der Waals surface area contributed by atoms with Crippen LogP contribution in [0.15, 0.2) is 18.2 Å². The van der Waals surface area contributed by atoms with Crippen molar-refractivity contribution in [1.29, 1.82) is 0 Å². The van der Waals surface area contributed by atoms with Gasteiger partial charge in [-0.3, -0.25) is 4.68 Å². The van der Waals surface area contributed by atoms with E-state index in [-0.39, 0.29) is 11.9 Å². The van der Waals surface area contributed by atoms with Gasteiger partial charge in [0.15, 0.2) is 0 Å². The number of aryl methyl sites for hydroxylation is 2. The van der Waals surface area contributed by atoms with Crippen LogP contribution in [0.3, 0.4) is 0 Å². The largest absolute Gasteiger partial charge is 0.324 e. The van der Waals surface area contributed by atoms with Crippen LogP contribution in [0.4, 0.5) is 4.39 Å². The van der Waals surface area contributed by atoms with Crippen LogP contribution in [0.2, 0.25) is 5.15 Å². The minimum absolute atomic E-state index is 0.229. The fourth-order valence-corrected chi connectivity index (χ4v) is 3.17. The number of nitrogens with two attached hydrogens (primary N) is 1. The second-order valence-corrected chi connectivity index (χ2v) is 5.98. The molecular weight excluding hydrogens is 380 g/mol. The van der Waals surface area contributed by atoms with Gasteiger partial charge in [-0.15, -0.1) is 0 Å². The van der Waals surface area contributed by atoms with E-state index in [2.05, 4.69) is 27.7 Å². The third-order valence-electron chi connectivity index (χ3n) is 3.06. The lowest BCUT2D eigenvalue weighted by Gasteiger charge is -2.14. The fourth-order valence-electron chi connectivity index (χ4n) is 2.04. The lowest BCUT2D eigenvalue weighted by Crippen LogP contribution is -2.15. The molecule has 0 spiro atoms. The zero-order valence-electron chi connectivity index (χ0n) is 10.6. The molecule has 2 N–H and O–H groups in total. The fraction of sp³-hybridized carbons (Fsp3) is 0.308. The average Bonchev–Trinajstić information content (AvgIpc) is 2.56. The summed E-state index contributed by atoms with van der Waals surface area (Å²) in [6, 6.07) is 4.40. The number of nitrogens with zero attached hydrogens (tertiary/aromatic N) is 2. The molecule has 2 aromatic rings. The lowest BCUT2D eigenvalue weighted by atomic mass is 10.0. The third kappa shape index (κ3) is 3.09. The molecule has 0 amide bonds. The molecular formula is C13H14ClFIN3. The van der Waals surface area contributed by atoms with Crippen molar-refractivity contribution in [2.24, 2.45) is 12.8 Å². The summed E-state index contributed by atoms with van der Waals surface area (Å²) in [7, 11) is 1.80. The zero-order valence-corrected chi connectivity index (χ0v) is 13.5. The summed E-state index contributed by atoms with van der Waals surface area (Å²) in [5.41, 5.74) is 8.94. The summed E-state index contributed by atoms with van der Waals surface area (Å²) in [4.78, 5) is 0. The van der Waals surface area contributed by atoms with Gasteiger partial charge in [-0.1, -0.05) is 17.7 Å². The summed E-state index contributed by atoms with van der Waals surface area (Å²) in [5, 5.41) is 4.86.